The van der Waals surface area contributed by atoms with Crippen molar-refractivity contribution in [2.45, 2.75) is 38.3 Å². The number of nitrogens with zero attached hydrogens (tertiary/aromatic N) is 2. The summed E-state index contributed by atoms with van der Waals surface area (Å²) in [7, 11) is 3.38. The topological polar surface area (TPSA) is 83.8 Å². The van der Waals surface area contributed by atoms with E-state index in [9.17, 15) is 14.7 Å². The average molecular weight is 430 g/mol. The molecule has 2 atom stereocenters. The van der Waals surface area contributed by atoms with Crippen LogP contribution in [0.2, 0.25) is 0 Å². The Morgan fingerprint density at radius 3 is 2.67 bits per heavy atom. The quantitative estimate of drug-likeness (QED) is 0.686. The molecule has 30 heavy (non-hydrogen) atoms. The van der Waals surface area contributed by atoms with Gasteiger partial charge in [0.2, 0.25) is 5.43 Å². The standard InChI is InChI=1S/C21H26FN3O4.Mg.2H/c1-11(23-2)12-6-7-24(9-12)18-16(22)8-14-17(20(18)29-3)25(13-4-5-13)10-15(19(14)26)21(27)28;;;/h8,10-13,23H,4-7,9H2,1-3H3,(H,27,28);;;/q;+2;2*-1/t11-,12+;;;/m0.../s1. The Bertz CT molecular complexity index is 1050. The van der Waals surface area contributed by atoms with Gasteiger partial charge in [0.05, 0.1) is 18.0 Å². The van der Waals surface area contributed by atoms with E-state index in [4.69, 9.17) is 4.74 Å². The van der Waals surface area contributed by atoms with E-state index >= 15 is 4.39 Å². The Kier molecular flexibility index (Phi) is 6.64. The van der Waals surface area contributed by atoms with E-state index in [1.165, 1.54) is 19.4 Å². The maximum Gasteiger partial charge on any atom is 2.00 e. The van der Waals surface area contributed by atoms with Crippen LogP contribution in [0.4, 0.5) is 10.1 Å². The van der Waals surface area contributed by atoms with Crippen molar-refractivity contribution < 1.29 is 21.9 Å². The number of carbonyl (C=O) groups is 1. The molecule has 9 heteroatoms. The zero-order valence-electron chi connectivity index (χ0n) is 19.6. The van der Waals surface area contributed by atoms with Gasteiger partial charge in [-0.1, -0.05) is 0 Å². The maximum atomic E-state index is 15.3. The number of aromatic carboxylic acids is 1. The second-order valence-corrected chi connectivity index (χ2v) is 8.02. The molecule has 1 aromatic carbocycles. The van der Waals surface area contributed by atoms with Crippen LogP contribution in [0.1, 0.15) is 45.4 Å². The van der Waals surface area contributed by atoms with Gasteiger partial charge in [-0.05, 0) is 45.2 Å². The van der Waals surface area contributed by atoms with Gasteiger partial charge in [0.15, 0.2) is 11.6 Å². The number of hydrogen-bond acceptors (Lipinski definition) is 5. The first-order valence-corrected chi connectivity index (χ1v) is 9.98. The summed E-state index contributed by atoms with van der Waals surface area (Å²) in [6.07, 6.45) is 4.08. The number of carboxylic acids is 1. The van der Waals surface area contributed by atoms with Crippen molar-refractivity contribution in [3.8, 4) is 5.75 Å². The number of rotatable bonds is 6. The second-order valence-electron chi connectivity index (χ2n) is 8.02. The van der Waals surface area contributed by atoms with E-state index in [0.717, 1.165) is 19.3 Å². The van der Waals surface area contributed by atoms with Gasteiger partial charge >= 0.3 is 29.0 Å². The van der Waals surface area contributed by atoms with Gasteiger partial charge in [0, 0.05) is 31.4 Å². The first kappa shape index (κ1) is 22.8. The number of pyridine rings is 1. The summed E-state index contributed by atoms with van der Waals surface area (Å²) in [4.78, 5) is 26.3. The van der Waals surface area contributed by atoms with Crippen molar-refractivity contribution in [2.24, 2.45) is 5.92 Å². The van der Waals surface area contributed by atoms with Gasteiger partial charge in [-0.3, -0.25) is 4.79 Å². The van der Waals surface area contributed by atoms with Gasteiger partial charge in [-0.2, -0.15) is 0 Å². The third-order valence-electron chi connectivity index (χ3n) is 6.28. The predicted octanol–water partition coefficient (Wildman–Crippen LogP) is 2.46. The molecule has 160 valence electrons. The number of carboxylic acid groups (broad SMARTS) is 1. The summed E-state index contributed by atoms with van der Waals surface area (Å²) in [5, 5.41) is 12.7. The molecule has 1 aliphatic heterocycles. The minimum Gasteiger partial charge on any atom is -1.00 e. The number of anilines is 1. The van der Waals surface area contributed by atoms with Gasteiger partial charge in [0.1, 0.15) is 11.3 Å². The minimum atomic E-state index is -1.31. The van der Waals surface area contributed by atoms with Crippen LogP contribution < -0.4 is 20.4 Å². The molecule has 2 N–H and O–H groups in total. The third-order valence-corrected chi connectivity index (χ3v) is 6.28. The summed E-state index contributed by atoms with van der Waals surface area (Å²) in [5.41, 5.74) is -0.201. The van der Waals surface area contributed by atoms with Gasteiger partial charge in [0.25, 0.3) is 0 Å². The molecule has 0 unspecified atom stereocenters. The van der Waals surface area contributed by atoms with Gasteiger partial charge < -0.3 is 27.5 Å². The molecule has 0 spiro atoms. The fraction of sp³-hybridized carbons (Fsp3) is 0.524. The summed E-state index contributed by atoms with van der Waals surface area (Å²) >= 11 is 0. The Labute approximate surface area is 193 Å². The summed E-state index contributed by atoms with van der Waals surface area (Å²) in [5.74, 6) is -1.19. The predicted molar refractivity (Wildman–Crippen MR) is 117 cm³/mol. The average Bonchev–Trinajstić information content (AvgIpc) is 3.43. The number of aromatic nitrogens is 1. The number of benzene rings is 1. The monoisotopic (exact) mass is 429 g/mol. The van der Waals surface area contributed by atoms with E-state index < -0.39 is 17.2 Å². The zero-order chi connectivity index (χ0) is 20.9. The van der Waals surface area contributed by atoms with Crippen LogP contribution in [-0.4, -0.2) is 72.0 Å². The molecule has 2 aliphatic rings. The molecule has 0 radical (unpaired) electrons. The Hall–Kier alpha value is -1.84. The van der Waals surface area contributed by atoms with Crippen LogP contribution in [0, 0.1) is 11.7 Å². The summed E-state index contributed by atoms with van der Waals surface area (Å²) < 4.78 is 22.7. The van der Waals surface area contributed by atoms with Crippen LogP contribution in [0.25, 0.3) is 10.9 Å². The molecule has 4 rings (SSSR count). The van der Waals surface area contributed by atoms with E-state index in [-0.39, 0.29) is 42.9 Å². The summed E-state index contributed by atoms with van der Waals surface area (Å²) in [6, 6.07) is 1.58. The first-order chi connectivity index (χ1) is 13.9. The third kappa shape index (κ3) is 3.78. The molecule has 0 amide bonds. The van der Waals surface area contributed by atoms with Crippen molar-refractivity contribution in [3.63, 3.8) is 0 Å². The smallest absolute Gasteiger partial charge is 1.00 e. The number of hydrogen-bond donors (Lipinski definition) is 2. The fourth-order valence-electron chi connectivity index (χ4n) is 4.36. The fourth-order valence-corrected chi connectivity index (χ4v) is 4.36. The van der Waals surface area contributed by atoms with Crippen LogP contribution >= 0.6 is 0 Å². The molecule has 2 heterocycles. The molecule has 7 nitrogen and oxygen atoms in total. The van der Waals surface area contributed by atoms with Crippen LogP contribution in [0.15, 0.2) is 17.1 Å². The maximum absolute atomic E-state index is 15.3. The van der Waals surface area contributed by atoms with Gasteiger partial charge in [-0.15, -0.1) is 0 Å². The molecule has 2 aromatic rings. The molecule has 1 aromatic heterocycles. The van der Waals surface area contributed by atoms with Gasteiger partial charge in [-0.25, -0.2) is 9.18 Å². The van der Waals surface area contributed by atoms with E-state index in [2.05, 4.69) is 12.2 Å². The van der Waals surface area contributed by atoms with Crippen molar-refractivity contribution in [2.75, 3.05) is 32.1 Å². The van der Waals surface area contributed by atoms with Crippen molar-refractivity contribution >= 4 is 45.6 Å². The number of nitrogens with one attached hydrogen (secondary N) is 1. The van der Waals surface area contributed by atoms with Crippen LogP contribution in [0.5, 0.6) is 5.75 Å². The van der Waals surface area contributed by atoms with Crippen molar-refractivity contribution in [3.05, 3.63) is 33.9 Å². The van der Waals surface area contributed by atoms with E-state index in [0.29, 0.717) is 42.0 Å². The van der Waals surface area contributed by atoms with E-state index in [1.807, 2.05) is 11.9 Å². The first-order valence-electron chi connectivity index (χ1n) is 9.98. The number of ether oxygens (including phenoxy) is 1. The summed E-state index contributed by atoms with van der Waals surface area (Å²) in [6.45, 7) is 3.48. The molecule has 1 saturated heterocycles. The number of methoxy groups -OCH3 is 1. The SMILES string of the molecule is CN[C@@H](C)[C@@H]1CCN(c2c(F)cc3c(=O)c(C(=O)O)cn(C4CC4)c3c2OC)C1.[H-].[H-].[Mg+2]. The minimum absolute atomic E-state index is 0. The molecular weight excluding hydrogens is 402 g/mol. The molecule has 1 saturated carbocycles. The Morgan fingerprint density at radius 1 is 1.40 bits per heavy atom. The molecule has 0 bridgehead atoms. The largest absolute Gasteiger partial charge is 2.00 e. The van der Waals surface area contributed by atoms with Crippen LogP contribution in [-0.2, 0) is 0 Å². The Morgan fingerprint density at radius 2 is 2.10 bits per heavy atom. The van der Waals surface area contributed by atoms with E-state index in [1.54, 1.807) is 4.57 Å². The second kappa shape index (κ2) is 8.72. The zero-order valence-corrected chi connectivity index (χ0v) is 19.0. The number of fused-ring (bicyclic) bond motifs is 1. The number of halogens is 1. The normalized spacial score (nSPS) is 19.6. The molecule has 1 aliphatic carbocycles. The molecular formula is C21H28FMgN3O4. The van der Waals surface area contributed by atoms with Crippen LogP contribution in [0.3, 0.4) is 0 Å². The Balaban J connectivity index is 0.00000171. The molecule has 2 fully saturated rings. The van der Waals surface area contributed by atoms with Crippen molar-refractivity contribution in [1.29, 1.82) is 0 Å². The van der Waals surface area contributed by atoms with Crippen molar-refractivity contribution in [1.82, 2.24) is 9.88 Å².